The van der Waals surface area contributed by atoms with Crippen LogP contribution >= 0.6 is 11.3 Å². The summed E-state index contributed by atoms with van der Waals surface area (Å²) in [4.78, 5) is 12.7. The van der Waals surface area contributed by atoms with Crippen LogP contribution in [0.5, 0.6) is 5.75 Å². The number of H-pyrrole nitrogens is 2. The van der Waals surface area contributed by atoms with Crippen molar-refractivity contribution in [3.8, 4) is 39.5 Å². The van der Waals surface area contributed by atoms with Crippen molar-refractivity contribution in [2.24, 2.45) is 0 Å². The van der Waals surface area contributed by atoms with Crippen LogP contribution in [0.15, 0.2) is 71.8 Å². The van der Waals surface area contributed by atoms with Crippen LogP contribution in [0.4, 0.5) is 0 Å². The molecule has 0 spiro atoms. The second-order valence-corrected chi connectivity index (χ2v) is 9.91. The maximum absolute atomic E-state index is 6.21. The fraction of sp³-hybridized carbons (Fsp3) is 0.179. The second kappa shape index (κ2) is 8.89. The fourth-order valence-corrected chi connectivity index (χ4v) is 5.62. The van der Waals surface area contributed by atoms with E-state index in [2.05, 4.69) is 77.6 Å². The van der Waals surface area contributed by atoms with Gasteiger partial charge in [-0.2, -0.15) is 16.4 Å². The summed E-state index contributed by atoms with van der Waals surface area (Å²) in [6.45, 7) is 1.98. The number of ether oxygens (including phenoxy) is 1. The van der Waals surface area contributed by atoms with Gasteiger partial charge in [0.25, 0.3) is 0 Å². The number of hydrogen-bond acceptors (Lipinski definition) is 6. The molecule has 0 unspecified atom stereocenters. The van der Waals surface area contributed by atoms with Crippen molar-refractivity contribution in [3.05, 3.63) is 71.8 Å². The maximum Gasteiger partial charge on any atom is 0.138 e. The number of rotatable bonds is 5. The van der Waals surface area contributed by atoms with Gasteiger partial charge in [0.15, 0.2) is 0 Å². The Bertz CT molecular complexity index is 1660. The summed E-state index contributed by atoms with van der Waals surface area (Å²) in [5, 5.41) is 17.6. The molecule has 6 heterocycles. The molecule has 7 nitrogen and oxygen atoms in total. The van der Waals surface area contributed by atoms with Crippen LogP contribution in [0, 0.1) is 0 Å². The minimum Gasteiger partial charge on any atom is -0.489 e. The summed E-state index contributed by atoms with van der Waals surface area (Å²) in [6, 6.07) is 14.8. The third kappa shape index (κ3) is 3.84. The number of fused-ring (bicyclic) bond motifs is 2. The SMILES string of the molecule is c1cc(-c2ccsc2)c2cc(-c3n[nH]c4cnc(-c5cncc(OC6CCNCC6)c5)cc34)[nH]c2c1. The monoisotopic (exact) mass is 492 g/mol. The summed E-state index contributed by atoms with van der Waals surface area (Å²) in [5.74, 6) is 0.783. The summed E-state index contributed by atoms with van der Waals surface area (Å²) < 4.78 is 6.21. The van der Waals surface area contributed by atoms with E-state index in [1.54, 1.807) is 17.5 Å². The number of hydrogen-bond donors (Lipinski definition) is 3. The van der Waals surface area contributed by atoms with Gasteiger partial charge < -0.3 is 15.0 Å². The lowest BCUT2D eigenvalue weighted by Crippen LogP contribution is -2.34. The van der Waals surface area contributed by atoms with Gasteiger partial charge in [-0.25, -0.2) is 0 Å². The van der Waals surface area contributed by atoms with E-state index in [4.69, 9.17) is 4.74 Å². The third-order valence-corrected chi connectivity index (χ3v) is 7.48. The topological polar surface area (TPSA) is 91.5 Å². The highest BCUT2D eigenvalue weighted by atomic mass is 32.1. The number of pyridine rings is 2. The molecule has 0 amide bonds. The first-order valence-corrected chi connectivity index (χ1v) is 13.1. The van der Waals surface area contributed by atoms with Crippen LogP contribution in [-0.4, -0.2) is 44.3 Å². The molecule has 8 heteroatoms. The first-order valence-electron chi connectivity index (χ1n) is 12.1. The Balaban J connectivity index is 1.26. The molecule has 1 fully saturated rings. The molecule has 1 aromatic carbocycles. The van der Waals surface area contributed by atoms with Crippen LogP contribution in [0.25, 0.3) is 55.6 Å². The minimum atomic E-state index is 0.222. The highest BCUT2D eigenvalue weighted by Gasteiger charge is 2.17. The van der Waals surface area contributed by atoms with E-state index in [-0.39, 0.29) is 6.10 Å². The summed E-state index contributed by atoms with van der Waals surface area (Å²) in [5.41, 5.74) is 8.03. The van der Waals surface area contributed by atoms with E-state index in [9.17, 15) is 0 Å². The van der Waals surface area contributed by atoms with Gasteiger partial charge in [-0.15, -0.1) is 0 Å². The number of thiophene rings is 1. The maximum atomic E-state index is 6.21. The van der Waals surface area contributed by atoms with Gasteiger partial charge in [0.1, 0.15) is 17.5 Å². The Morgan fingerprint density at radius 3 is 2.75 bits per heavy atom. The van der Waals surface area contributed by atoms with E-state index in [1.807, 2.05) is 18.5 Å². The van der Waals surface area contributed by atoms with E-state index in [0.29, 0.717) is 0 Å². The molecule has 0 radical (unpaired) electrons. The number of nitrogens with one attached hydrogen (secondary N) is 3. The van der Waals surface area contributed by atoms with Gasteiger partial charge >= 0.3 is 0 Å². The number of benzene rings is 1. The molecule has 0 aliphatic carbocycles. The first-order chi connectivity index (χ1) is 17.8. The fourth-order valence-electron chi connectivity index (χ4n) is 4.96. The summed E-state index contributed by atoms with van der Waals surface area (Å²) >= 11 is 1.71. The zero-order chi connectivity index (χ0) is 23.9. The molecule has 1 aliphatic heterocycles. The van der Waals surface area contributed by atoms with Crippen LogP contribution in [0.3, 0.4) is 0 Å². The van der Waals surface area contributed by atoms with E-state index in [0.717, 1.165) is 70.7 Å². The second-order valence-electron chi connectivity index (χ2n) is 9.13. The van der Waals surface area contributed by atoms with E-state index >= 15 is 0 Å². The molecule has 178 valence electrons. The van der Waals surface area contributed by atoms with Gasteiger partial charge in [0.2, 0.25) is 0 Å². The number of aromatic amines is 2. The summed E-state index contributed by atoms with van der Waals surface area (Å²) in [6.07, 6.45) is 7.68. The molecule has 0 saturated carbocycles. The molecular formula is C28H24N6OS. The van der Waals surface area contributed by atoms with Crippen molar-refractivity contribution in [2.75, 3.05) is 13.1 Å². The quantitative estimate of drug-likeness (QED) is 0.273. The van der Waals surface area contributed by atoms with Gasteiger partial charge in [0, 0.05) is 28.0 Å². The van der Waals surface area contributed by atoms with Crippen molar-refractivity contribution < 1.29 is 4.74 Å². The normalized spacial score (nSPS) is 14.6. The van der Waals surface area contributed by atoms with Crippen LogP contribution < -0.4 is 10.1 Å². The lowest BCUT2D eigenvalue weighted by Gasteiger charge is -2.23. The van der Waals surface area contributed by atoms with Crippen molar-refractivity contribution in [2.45, 2.75) is 18.9 Å². The Morgan fingerprint density at radius 2 is 1.86 bits per heavy atom. The molecular weight excluding hydrogens is 468 g/mol. The van der Waals surface area contributed by atoms with Gasteiger partial charge in [-0.1, -0.05) is 12.1 Å². The van der Waals surface area contributed by atoms with Gasteiger partial charge in [-0.05, 0) is 78.2 Å². The lowest BCUT2D eigenvalue weighted by molar-refractivity contribution is 0.162. The molecule has 5 aromatic heterocycles. The Morgan fingerprint density at radius 1 is 0.917 bits per heavy atom. The van der Waals surface area contributed by atoms with Gasteiger partial charge in [-0.3, -0.25) is 15.1 Å². The highest BCUT2D eigenvalue weighted by Crippen LogP contribution is 2.35. The van der Waals surface area contributed by atoms with Crippen molar-refractivity contribution in [1.82, 2.24) is 30.5 Å². The molecule has 3 N–H and O–H groups in total. The predicted molar refractivity (Wildman–Crippen MR) is 144 cm³/mol. The number of piperidine rings is 1. The number of nitrogens with zero attached hydrogens (tertiary/aromatic N) is 3. The molecule has 0 bridgehead atoms. The largest absolute Gasteiger partial charge is 0.489 e. The average molecular weight is 493 g/mol. The zero-order valence-electron chi connectivity index (χ0n) is 19.5. The van der Waals surface area contributed by atoms with E-state index in [1.165, 1.54) is 16.5 Å². The van der Waals surface area contributed by atoms with Crippen molar-refractivity contribution in [3.63, 3.8) is 0 Å². The Hall–Kier alpha value is -4.01. The number of aromatic nitrogens is 5. The lowest BCUT2D eigenvalue weighted by atomic mass is 10.0. The van der Waals surface area contributed by atoms with E-state index < -0.39 is 0 Å². The van der Waals surface area contributed by atoms with Crippen LogP contribution in [0.2, 0.25) is 0 Å². The van der Waals surface area contributed by atoms with Crippen LogP contribution in [0.1, 0.15) is 12.8 Å². The molecule has 6 aromatic rings. The first kappa shape index (κ1) is 21.3. The van der Waals surface area contributed by atoms with Crippen molar-refractivity contribution in [1.29, 1.82) is 0 Å². The smallest absolute Gasteiger partial charge is 0.138 e. The van der Waals surface area contributed by atoms with Gasteiger partial charge in [0.05, 0.1) is 29.3 Å². The molecule has 36 heavy (non-hydrogen) atoms. The molecule has 1 saturated heterocycles. The predicted octanol–water partition coefficient (Wildman–Crippen LogP) is 6.03. The molecule has 7 rings (SSSR count). The standard InChI is InChI=1S/C28H24N6OS/c1-2-21(17-6-9-36-16-17)22-11-26(32-24(22)3-1)28-23-12-25(31-15-27(23)33-34-28)18-10-20(14-30-13-18)35-19-4-7-29-8-5-19/h1-3,6,9-16,19,29,32H,4-5,7-8H2,(H,33,34). The zero-order valence-corrected chi connectivity index (χ0v) is 20.3. The third-order valence-electron chi connectivity index (χ3n) is 6.80. The van der Waals surface area contributed by atoms with Crippen molar-refractivity contribution >= 4 is 33.1 Å². The average Bonchev–Trinajstić information content (AvgIpc) is 3.68. The highest BCUT2D eigenvalue weighted by molar-refractivity contribution is 7.08. The minimum absolute atomic E-state index is 0.222. The molecule has 1 aliphatic rings. The summed E-state index contributed by atoms with van der Waals surface area (Å²) in [7, 11) is 0. The Kier molecular flexibility index (Phi) is 5.26. The Labute approximate surface area is 211 Å². The van der Waals surface area contributed by atoms with Crippen LogP contribution in [-0.2, 0) is 0 Å². The molecule has 0 atom stereocenters.